The van der Waals surface area contributed by atoms with Crippen LogP contribution in [0.5, 0.6) is 0 Å². The van der Waals surface area contributed by atoms with Gasteiger partial charge >= 0.3 is 0 Å². The summed E-state index contributed by atoms with van der Waals surface area (Å²) in [6.45, 7) is 2.09. The maximum atomic E-state index is 13.4. The molecule has 2 aromatic carbocycles. The molecule has 3 heterocycles. The lowest BCUT2D eigenvalue weighted by molar-refractivity contribution is -0.143. The summed E-state index contributed by atoms with van der Waals surface area (Å²) >= 11 is 3.46. The molecule has 2 N–H and O–H groups in total. The monoisotopic (exact) mass is 439 g/mol. The van der Waals surface area contributed by atoms with Crippen molar-refractivity contribution in [1.29, 1.82) is 0 Å². The third kappa shape index (κ3) is 2.20. The first kappa shape index (κ1) is 17.6. The first-order valence-electron chi connectivity index (χ1n) is 9.22. The molecule has 2 fully saturated rings. The highest BCUT2D eigenvalue weighted by Gasteiger charge is 2.69. The van der Waals surface area contributed by atoms with Gasteiger partial charge in [0.2, 0.25) is 17.7 Å². The van der Waals surface area contributed by atoms with Gasteiger partial charge in [0.1, 0.15) is 5.54 Å². The molecule has 0 radical (unpaired) electrons. The van der Waals surface area contributed by atoms with Crippen LogP contribution in [0.4, 0.5) is 5.69 Å². The van der Waals surface area contributed by atoms with Gasteiger partial charge in [0.15, 0.2) is 0 Å². The van der Waals surface area contributed by atoms with Crippen molar-refractivity contribution in [3.8, 4) is 0 Å². The number of amides is 3. The van der Waals surface area contributed by atoms with E-state index in [4.69, 9.17) is 0 Å². The first-order chi connectivity index (χ1) is 13.4. The van der Waals surface area contributed by atoms with E-state index in [2.05, 4.69) is 26.6 Å². The van der Waals surface area contributed by atoms with Gasteiger partial charge in [0, 0.05) is 21.8 Å². The van der Waals surface area contributed by atoms with E-state index in [1.807, 2.05) is 55.5 Å². The Morgan fingerprint density at radius 1 is 1.07 bits per heavy atom. The molecular formula is C21H18BrN3O3. The van der Waals surface area contributed by atoms with E-state index in [0.717, 1.165) is 10.0 Å². The number of hydrogen-bond donors (Lipinski definition) is 2. The summed E-state index contributed by atoms with van der Waals surface area (Å²) in [5.41, 5.74) is 1.06. The smallest absolute Gasteiger partial charge is 0.250 e. The third-order valence-electron chi connectivity index (χ3n) is 6.10. The SMILES string of the molecule is CC1NC2(C(=O)Nc3ccc(Br)cc32)C2C(=O)N(Cc3ccccc3)C(=O)C12. The van der Waals surface area contributed by atoms with Gasteiger partial charge in [-0.3, -0.25) is 24.6 Å². The highest BCUT2D eigenvalue weighted by Crippen LogP contribution is 2.53. The quantitative estimate of drug-likeness (QED) is 0.704. The number of nitrogens with zero attached hydrogens (tertiary/aromatic N) is 1. The van der Waals surface area contributed by atoms with Crippen molar-refractivity contribution in [2.45, 2.75) is 25.0 Å². The zero-order valence-electron chi connectivity index (χ0n) is 15.1. The zero-order chi connectivity index (χ0) is 19.6. The summed E-state index contributed by atoms with van der Waals surface area (Å²) in [6, 6.07) is 14.7. The van der Waals surface area contributed by atoms with Gasteiger partial charge in [0.25, 0.3) is 0 Å². The number of nitrogens with one attached hydrogen (secondary N) is 2. The molecule has 28 heavy (non-hydrogen) atoms. The summed E-state index contributed by atoms with van der Waals surface area (Å²) in [5.74, 6) is -2.10. The van der Waals surface area contributed by atoms with Gasteiger partial charge in [-0.1, -0.05) is 46.3 Å². The van der Waals surface area contributed by atoms with Crippen molar-refractivity contribution in [3.63, 3.8) is 0 Å². The minimum Gasteiger partial charge on any atom is -0.324 e. The van der Waals surface area contributed by atoms with Gasteiger partial charge in [-0.15, -0.1) is 0 Å². The molecule has 142 valence electrons. The van der Waals surface area contributed by atoms with Crippen molar-refractivity contribution in [2.75, 3.05) is 5.32 Å². The van der Waals surface area contributed by atoms with Crippen LogP contribution in [-0.4, -0.2) is 28.7 Å². The molecule has 3 amide bonds. The van der Waals surface area contributed by atoms with E-state index < -0.39 is 17.4 Å². The Balaban J connectivity index is 1.60. The fraction of sp³-hybridized carbons (Fsp3) is 0.286. The topological polar surface area (TPSA) is 78.5 Å². The minimum atomic E-state index is -1.22. The molecular weight excluding hydrogens is 422 g/mol. The highest BCUT2D eigenvalue weighted by molar-refractivity contribution is 9.10. The van der Waals surface area contributed by atoms with Gasteiger partial charge in [-0.05, 0) is 30.7 Å². The van der Waals surface area contributed by atoms with Gasteiger partial charge in [0.05, 0.1) is 18.4 Å². The number of likely N-dealkylation sites (tertiary alicyclic amines) is 1. The van der Waals surface area contributed by atoms with Crippen LogP contribution >= 0.6 is 15.9 Å². The van der Waals surface area contributed by atoms with Crippen LogP contribution in [0, 0.1) is 11.8 Å². The second-order valence-electron chi connectivity index (χ2n) is 7.64. The number of benzene rings is 2. The number of halogens is 1. The number of carbonyl (C=O) groups excluding carboxylic acids is 3. The number of anilines is 1. The fourth-order valence-corrected chi connectivity index (χ4v) is 5.28. The van der Waals surface area contributed by atoms with Crippen molar-refractivity contribution in [1.82, 2.24) is 10.2 Å². The van der Waals surface area contributed by atoms with Crippen LogP contribution in [-0.2, 0) is 26.5 Å². The molecule has 3 aliphatic heterocycles. The normalized spacial score (nSPS) is 30.7. The number of hydrogen-bond acceptors (Lipinski definition) is 4. The van der Waals surface area contributed by atoms with Gasteiger partial charge < -0.3 is 5.32 Å². The van der Waals surface area contributed by atoms with Crippen LogP contribution in [0.1, 0.15) is 18.1 Å². The Bertz CT molecular complexity index is 1020. The Hall–Kier alpha value is -2.51. The maximum absolute atomic E-state index is 13.4. The Morgan fingerprint density at radius 2 is 1.82 bits per heavy atom. The summed E-state index contributed by atoms with van der Waals surface area (Å²) in [6.07, 6.45) is 0. The van der Waals surface area contributed by atoms with E-state index in [1.54, 1.807) is 0 Å². The van der Waals surface area contributed by atoms with Crippen LogP contribution < -0.4 is 10.6 Å². The zero-order valence-corrected chi connectivity index (χ0v) is 16.7. The lowest BCUT2D eigenvalue weighted by atomic mass is 9.76. The number of rotatable bonds is 2. The molecule has 3 aliphatic rings. The third-order valence-corrected chi connectivity index (χ3v) is 6.59. The Labute approximate surface area is 170 Å². The van der Waals surface area contributed by atoms with Crippen molar-refractivity contribution >= 4 is 39.3 Å². The summed E-state index contributed by atoms with van der Waals surface area (Å²) in [5, 5.41) is 6.19. The average molecular weight is 440 g/mol. The standard InChI is InChI=1S/C21H18BrN3O3/c1-11-16-17(19(27)25(18(16)26)10-12-5-3-2-4-6-12)21(24-11)14-9-13(22)7-8-15(14)23-20(21)28/h2-9,11,16-17,24H,10H2,1H3,(H,23,28). The molecule has 1 spiro atoms. The van der Waals surface area contributed by atoms with Gasteiger partial charge in [-0.2, -0.15) is 0 Å². The van der Waals surface area contributed by atoms with E-state index >= 15 is 0 Å². The van der Waals surface area contributed by atoms with Crippen LogP contribution in [0.2, 0.25) is 0 Å². The average Bonchev–Trinajstić information content (AvgIpc) is 3.23. The molecule has 0 aliphatic carbocycles. The Morgan fingerprint density at radius 3 is 2.57 bits per heavy atom. The molecule has 0 aromatic heterocycles. The predicted octanol–water partition coefficient (Wildman–Crippen LogP) is 2.39. The maximum Gasteiger partial charge on any atom is 0.250 e. The van der Waals surface area contributed by atoms with Crippen molar-refractivity contribution in [3.05, 3.63) is 64.1 Å². The number of fused-ring (bicyclic) bond motifs is 4. The lowest BCUT2D eigenvalue weighted by Gasteiger charge is -2.29. The Kier molecular flexibility index (Phi) is 3.76. The summed E-state index contributed by atoms with van der Waals surface area (Å²) < 4.78 is 0.818. The van der Waals surface area contributed by atoms with Crippen molar-refractivity contribution in [2.24, 2.45) is 11.8 Å². The molecule has 2 aromatic rings. The summed E-state index contributed by atoms with van der Waals surface area (Å²) in [4.78, 5) is 41.0. The molecule has 5 rings (SSSR count). The van der Waals surface area contributed by atoms with E-state index in [9.17, 15) is 14.4 Å². The molecule has 2 saturated heterocycles. The first-order valence-corrected chi connectivity index (χ1v) is 10.0. The number of imide groups is 1. The number of carbonyl (C=O) groups is 3. The molecule has 4 unspecified atom stereocenters. The molecule has 0 bridgehead atoms. The molecule has 6 nitrogen and oxygen atoms in total. The lowest BCUT2D eigenvalue weighted by Crippen LogP contribution is -2.52. The second-order valence-corrected chi connectivity index (χ2v) is 8.55. The molecule has 7 heteroatoms. The molecule has 4 atom stereocenters. The van der Waals surface area contributed by atoms with Crippen LogP contribution in [0.25, 0.3) is 0 Å². The van der Waals surface area contributed by atoms with E-state index in [0.29, 0.717) is 11.3 Å². The van der Waals surface area contributed by atoms with Crippen molar-refractivity contribution < 1.29 is 14.4 Å². The summed E-state index contributed by atoms with van der Waals surface area (Å²) in [7, 11) is 0. The van der Waals surface area contributed by atoms with E-state index in [-0.39, 0.29) is 30.3 Å². The minimum absolute atomic E-state index is 0.216. The van der Waals surface area contributed by atoms with Crippen LogP contribution in [0.15, 0.2) is 53.0 Å². The van der Waals surface area contributed by atoms with E-state index in [1.165, 1.54) is 4.90 Å². The highest BCUT2D eigenvalue weighted by atomic mass is 79.9. The second kappa shape index (κ2) is 5.99. The molecule has 0 saturated carbocycles. The predicted molar refractivity (Wildman–Crippen MR) is 106 cm³/mol. The fourth-order valence-electron chi connectivity index (χ4n) is 4.92. The van der Waals surface area contributed by atoms with Crippen LogP contribution in [0.3, 0.4) is 0 Å². The van der Waals surface area contributed by atoms with Gasteiger partial charge in [-0.25, -0.2) is 0 Å². The largest absolute Gasteiger partial charge is 0.324 e.